The molecule has 1 aliphatic rings. The molecule has 7 heteroatoms. The average Bonchev–Trinajstić information content (AvgIpc) is 3.09. The molecule has 0 spiro atoms. The lowest BCUT2D eigenvalue weighted by atomic mass is 10.1. The van der Waals surface area contributed by atoms with Gasteiger partial charge in [-0.1, -0.05) is 12.1 Å². The van der Waals surface area contributed by atoms with E-state index in [-0.39, 0.29) is 29.7 Å². The summed E-state index contributed by atoms with van der Waals surface area (Å²) in [4.78, 5) is 29.1. The van der Waals surface area contributed by atoms with Crippen LogP contribution >= 0.6 is 11.8 Å². The SMILES string of the molecule is CC1=CC(C)Sc2c1c(=O)n(CCO)c(=O)n2Cc1ccc2[nH]ccc2c1. The van der Waals surface area contributed by atoms with E-state index in [1.807, 2.05) is 43.5 Å². The number of aromatic amines is 1. The van der Waals surface area contributed by atoms with Gasteiger partial charge in [-0.2, -0.15) is 0 Å². The molecule has 1 aromatic carbocycles. The Morgan fingerprint density at radius 3 is 2.81 bits per heavy atom. The van der Waals surface area contributed by atoms with Crippen molar-refractivity contribution in [3.63, 3.8) is 0 Å². The molecular weight excluding hydrogens is 362 g/mol. The maximum atomic E-state index is 13.1. The Morgan fingerprint density at radius 2 is 2.04 bits per heavy atom. The fourth-order valence-corrected chi connectivity index (χ4v) is 4.87. The first kappa shape index (κ1) is 17.9. The van der Waals surface area contributed by atoms with Gasteiger partial charge in [0.05, 0.1) is 30.3 Å². The molecule has 1 atom stereocenters. The molecule has 3 heterocycles. The maximum Gasteiger partial charge on any atom is 0.332 e. The van der Waals surface area contributed by atoms with Gasteiger partial charge in [0, 0.05) is 17.0 Å². The number of H-pyrrole nitrogens is 1. The van der Waals surface area contributed by atoms with E-state index in [4.69, 9.17) is 0 Å². The number of fused-ring (bicyclic) bond motifs is 2. The van der Waals surface area contributed by atoms with Crippen molar-refractivity contribution >= 4 is 28.2 Å². The molecule has 27 heavy (non-hydrogen) atoms. The zero-order valence-electron chi connectivity index (χ0n) is 15.2. The second-order valence-electron chi connectivity index (χ2n) is 6.80. The van der Waals surface area contributed by atoms with E-state index in [0.29, 0.717) is 17.1 Å². The van der Waals surface area contributed by atoms with Gasteiger partial charge in [0.15, 0.2) is 0 Å². The molecule has 0 saturated carbocycles. The van der Waals surface area contributed by atoms with Gasteiger partial charge in [-0.25, -0.2) is 4.79 Å². The lowest BCUT2D eigenvalue weighted by Gasteiger charge is -2.24. The van der Waals surface area contributed by atoms with Crippen LogP contribution in [0.5, 0.6) is 0 Å². The summed E-state index contributed by atoms with van der Waals surface area (Å²) in [5.74, 6) is 0. The number of thioether (sulfide) groups is 1. The van der Waals surface area contributed by atoms with Crippen molar-refractivity contribution in [2.45, 2.75) is 37.2 Å². The van der Waals surface area contributed by atoms with Crippen molar-refractivity contribution in [2.24, 2.45) is 0 Å². The van der Waals surface area contributed by atoms with Gasteiger partial charge < -0.3 is 10.1 Å². The van der Waals surface area contributed by atoms with Gasteiger partial charge in [-0.05, 0) is 48.6 Å². The highest BCUT2D eigenvalue weighted by Crippen LogP contribution is 2.35. The number of nitrogens with zero attached hydrogens (tertiary/aromatic N) is 2. The van der Waals surface area contributed by atoms with Crippen LogP contribution in [0.2, 0.25) is 0 Å². The van der Waals surface area contributed by atoms with Crippen molar-refractivity contribution in [3.8, 4) is 0 Å². The third-order valence-electron chi connectivity index (χ3n) is 4.84. The van der Waals surface area contributed by atoms with Crippen LogP contribution in [0, 0.1) is 0 Å². The molecule has 1 aliphatic heterocycles. The van der Waals surface area contributed by atoms with Crippen molar-refractivity contribution in [1.29, 1.82) is 0 Å². The summed E-state index contributed by atoms with van der Waals surface area (Å²) in [6, 6.07) is 8.02. The Balaban J connectivity index is 1.92. The molecule has 140 valence electrons. The van der Waals surface area contributed by atoms with Crippen LogP contribution in [0.3, 0.4) is 0 Å². The molecule has 3 aromatic rings. The smallest absolute Gasteiger partial charge is 0.332 e. The van der Waals surface area contributed by atoms with Crippen molar-refractivity contribution < 1.29 is 5.11 Å². The highest BCUT2D eigenvalue weighted by molar-refractivity contribution is 8.00. The van der Waals surface area contributed by atoms with Gasteiger partial charge in [-0.3, -0.25) is 13.9 Å². The predicted molar refractivity (Wildman–Crippen MR) is 108 cm³/mol. The van der Waals surface area contributed by atoms with Crippen molar-refractivity contribution in [3.05, 3.63) is 68.5 Å². The van der Waals surface area contributed by atoms with E-state index in [2.05, 4.69) is 11.9 Å². The topological polar surface area (TPSA) is 80.0 Å². The molecule has 0 radical (unpaired) electrons. The minimum atomic E-state index is -0.378. The van der Waals surface area contributed by atoms with Gasteiger partial charge in [0.25, 0.3) is 5.56 Å². The third-order valence-corrected chi connectivity index (χ3v) is 5.99. The predicted octanol–water partition coefficient (Wildman–Crippen LogP) is 2.43. The lowest BCUT2D eigenvalue weighted by Crippen LogP contribution is -2.44. The van der Waals surface area contributed by atoms with Crippen molar-refractivity contribution in [2.75, 3.05) is 6.61 Å². The number of aliphatic hydroxyl groups excluding tert-OH is 1. The van der Waals surface area contributed by atoms with Gasteiger partial charge >= 0.3 is 5.69 Å². The van der Waals surface area contributed by atoms with E-state index in [1.165, 1.54) is 11.8 Å². The minimum absolute atomic E-state index is 0.00467. The summed E-state index contributed by atoms with van der Waals surface area (Å²) in [5.41, 5.74) is 2.77. The van der Waals surface area contributed by atoms with Gasteiger partial charge in [0.2, 0.25) is 0 Å². The first-order chi connectivity index (χ1) is 13.0. The van der Waals surface area contributed by atoms with Crippen LogP contribution < -0.4 is 11.2 Å². The first-order valence-corrected chi connectivity index (χ1v) is 9.77. The molecule has 0 bridgehead atoms. The van der Waals surface area contributed by atoms with E-state index in [1.54, 1.807) is 4.57 Å². The number of aliphatic hydroxyl groups is 1. The molecule has 2 aromatic heterocycles. The molecule has 4 rings (SSSR count). The summed E-state index contributed by atoms with van der Waals surface area (Å²) in [6.07, 6.45) is 3.92. The number of nitrogens with one attached hydrogen (secondary N) is 1. The summed E-state index contributed by atoms with van der Waals surface area (Å²) in [5, 5.41) is 11.3. The standard InChI is InChI=1S/C20H21N3O3S/c1-12-9-13(2)27-19-17(12)18(25)22(7-8-24)20(26)23(19)11-14-3-4-16-15(10-14)5-6-21-16/h3-6,9-10,13,21,24H,7-8,11H2,1-2H3. The minimum Gasteiger partial charge on any atom is -0.395 e. The normalized spacial score (nSPS) is 16.4. The largest absolute Gasteiger partial charge is 0.395 e. The molecule has 6 nitrogen and oxygen atoms in total. The fourth-order valence-electron chi connectivity index (χ4n) is 3.61. The number of hydrogen-bond acceptors (Lipinski definition) is 4. The molecule has 1 unspecified atom stereocenters. The van der Waals surface area contributed by atoms with Crippen LogP contribution in [0.15, 0.2) is 51.2 Å². The Morgan fingerprint density at radius 1 is 1.22 bits per heavy atom. The summed E-state index contributed by atoms with van der Waals surface area (Å²) in [7, 11) is 0. The number of allylic oxidation sites excluding steroid dienone is 1. The Kier molecular flexibility index (Phi) is 4.57. The van der Waals surface area contributed by atoms with Gasteiger partial charge in [-0.15, -0.1) is 11.8 Å². The fraction of sp³-hybridized carbons (Fsp3) is 0.300. The molecule has 0 aliphatic carbocycles. The quantitative estimate of drug-likeness (QED) is 0.678. The molecule has 0 amide bonds. The van der Waals surface area contributed by atoms with E-state index < -0.39 is 0 Å². The first-order valence-electron chi connectivity index (χ1n) is 8.89. The second kappa shape index (κ2) is 6.90. The number of hydrogen-bond donors (Lipinski definition) is 2. The van der Waals surface area contributed by atoms with Crippen LogP contribution in [0.4, 0.5) is 0 Å². The van der Waals surface area contributed by atoms with Crippen molar-refractivity contribution in [1.82, 2.24) is 14.1 Å². The molecular formula is C20H21N3O3S. The molecule has 2 N–H and O–H groups in total. The summed E-state index contributed by atoms with van der Waals surface area (Å²) >= 11 is 1.53. The van der Waals surface area contributed by atoms with E-state index >= 15 is 0 Å². The van der Waals surface area contributed by atoms with E-state index in [9.17, 15) is 14.7 Å². The van der Waals surface area contributed by atoms with Crippen LogP contribution in [-0.2, 0) is 13.1 Å². The van der Waals surface area contributed by atoms with Crippen LogP contribution in [0.25, 0.3) is 16.5 Å². The Hall–Kier alpha value is -2.51. The number of rotatable bonds is 4. The summed E-state index contributed by atoms with van der Waals surface area (Å²) in [6.45, 7) is 4.07. The molecule has 0 fully saturated rings. The second-order valence-corrected chi connectivity index (χ2v) is 8.17. The lowest BCUT2D eigenvalue weighted by molar-refractivity contribution is 0.269. The molecule has 0 saturated heterocycles. The summed E-state index contributed by atoms with van der Waals surface area (Å²) < 4.78 is 2.80. The highest BCUT2D eigenvalue weighted by Gasteiger charge is 2.25. The van der Waals surface area contributed by atoms with Gasteiger partial charge in [0.1, 0.15) is 0 Å². The number of aromatic nitrogens is 3. The number of benzene rings is 1. The van der Waals surface area contributed by atoms with Crippen LogP contribution in [-0.4, -0.2) is 31.1 Å². The maximum absolute atomic E-state index is 13.1. The Bertz CT molecular complexity index is 1170. The van der Waals surface area contributed by atoms with Crippen LogP contribution in [0.1, 0.15) is 25.0 Å². The zero-order valence-corrected chi connectivity index (χ0v) is 16.0. The Labute approximate surface area is 160 Å². The highest BCUT2D eigenvalue weighted by atomic mass is 32.2. The van der Waals surface area contributed by atoms with E-state index in [0.717, 1.165) is 26.6 Å². The average molecular weight is 383 g/mol. The monoisotopic (exact) mass is 383 g/mol. The zero-order chi connectivity index (χ0) is 19.1. The third kappa shape index (κ3) is 3.07.